The monoisotopic (exact) mass is 488 g/mol. The Balaban J connectivity index is 2.28. The van der Waals surface area contributed by atoms with Gasteiger partial charge in [0, 0.05) is 5.69 Å². The van der Waals surface area contributed by atoms with Crippen LogP contribution in [-0.4, -0.2) is 39.3 Å². The second kappa shape index (κ2) is 11.6. The van der Waals surface area contributed by atoms with Crippen LogP contribution in [0.15, 0.2) is 46.4 Å². The minimum Gasteiger partial charge on any atom is -0.497 e. The number of carbonyl (C=O) groups excluding carboxylic acids is 2. The molecule has 0 aromatic heterocycles. The van der Waals surface area contributed by atoms with E-state index >= 15 is 0 Å². The molecule has 2 rings (SSSR count). The number of hydrogen-bond acceptors (Lipinski definition) is 7. The number of nitrogens with one attached hydrogen (secondary N) is 1. The van der Waals surface area contributed by atoms with E-state index in [1.165, 1.54) is 13.2 Å². The van der Waals surface area contributed by atoms with Gasteiger partial charge in [-0.25, -0.2) is 4.79 Å². The number of halogens is 1. The standard InChI is InChI=1S/C22H21BrN2O6/c1-4-30-19-11-14(10-18(23)21(19)31-13-20(26)29-3)9-15(12-24)22(27)25-16-5-7-17(28-2)8-6-16/h5-11H,4,13H2,1-3H3,(H,25,27)/b15-9+. The fourth-order valence-corrected chi connectivity index (χ4v) is 3.03. The predicted molar refractivity (Wildman–Crippen MR) is 118 cm³/mol. The van der Waals surface area contributed by atoms with E-state index in [0.29, 0.717) is 39.6 Å². The van der Waals surface area contributed by atoms with Crippen molar-refractivity contribution in [1.82, 2.24) is 0 Å². The molecule has 0 radical (unpaired) electrons. The zero-order valence-electron chi connectivity index (χ0n) is 17.2. The van der Waals surface area contributed by atoms with E-state index in [9.17, 15) is 14.9 Å². The third kappa shape index (κ3) is 6.76. The summed E-state index contributed by atoms with van der Waals surface area (Å²) >= 11 is 3.37. The van der Waals surface area contributed by atoms with Gasteiger partial charge in [-0.15, -0.1) is 0 Å². The Morgan fingerprint density at radius 3 is 2.45 bits per heavy atom. The first-order valence-corrected chi connectivity index (χ1v) is 9.94. The lowest BCUT2D eigenvalue weighted by Gasteiger charge is -2.14. The van der Waals surface area contributed by atoms with Crippen molar-refractivity contribution in [2.24, 2.45) is 0 Å². The van der Waals surface area contributed by atoms with Crippen molar-refractivity contribution in [3.63, 3.8) is 0 Å². The zero-order valence-corrected chi connectivity index (χ0v) is 18.8. The molecular weight excluding hydrogens is 468 g/mol. The van der Waals surface area contributed by atoms with Gasteiger partial charge in [0.1, 0.15) is 17.4 Å². The van der Waals surface area contributed by atoms with Crippen molar-refractivity contribution >= 4 is 39.6 Å². The normalized spacial score (nSPS) is 10.6. The molecule has 0 fully saturated rings. The van der Waals surface area contributed by atoms with Crippen molar-refractivity contribution in [1.29, 1.82) is 5.26 Å². The molecule has 0 saturated heterocycles. The molecule has 0 unspecified atom stereocenters. The van der Waals surface area contributed by atoms with E-state index in [1.54, 1.807) is 50.4 Å². The second-order valence-electron chi connectivity index (χ2n) is 5.98. The number of rotatable bonds is 9. The molecule has 2 aromatic rings. The Kier molecular flexibility index (Phi) is 8.91. The molecule has 0 aliphatic rings. The smallest absolute Gasteiger partial charge is 0.343 e. The predicted octanol–water partition coefficient (Wildman–Crippen LogP) is 3.95. The molecule has 8 nitrogen and oxygen atoms in total. The fraction of sp³-hybridized carbons (Fsp3) is 0.227. The zero-order chi connectivity index (χ0) is 22.8. The quantitative estimate of drug-likeness (QED) is 0.323. The Labute approximate surface area is 188 Å². The second-order valence-corrected chi connectivity index (χ2v) is 6.83. The first kappa shape index (κ1) is 23.8. The van der Waals surface area contributed by atoms with E-state index in [-0.39, 0.29) is 12.2 Å². The molecule has 0 heterocycles. The summed E-state index contributed by atoms with van der Waals surface area (Å²) in [4.78, 5) is 23.9. The van der Waals surface area contributed by atoms with Gasteiger partial charge < -0.3 is 24.3 Å². The van der Waals surface area contributed by atoms with Crippen LogP contribution < -0.4 is 19.5 Å². The van der Waals surface area contributed by atoms with Gasteiger partial charge in [0.05, 0.1) is 25.3 Å². The first-order chi connectivity index (χ1) is 14.9. The molecule has 0 saturated carbocycles. The molecule has 0 aliphatic heterocycles. The van der Waals surface area contributed by atoms with Crippen LogP contribution in [0.5, 0.6) is 17.2 Å². The highest BCUT2D eigenvalue weighted by Gasteiger charge is 2.16. The molecule has 162 valence electrons. The Bertz CT molecular complexity index is 1010. The highest BCUT2D eigenvalue weighted by Crippen LogP contribution is 2.37. The highest BCUT2D eigenvalue weighted by atomic mass is 79.9. The number of methoxy groups -OCH3 is 2. The average molecular weight is 489 g/mol. The number of anilines is 1. The Hall–Kier alpha value is -3.51. The average Bonchev–Trinajstić information content (AvgIpc) is 2.77. The van der Waals surface area contributed by atoms with Gasteiger partial charge in [-0.2, -0.15) is 5.26 Å². The van der Waals surface area contributed by atoms with Crippen LogP contribution in [0.3, 0.4) is 0 Å². The summed E-state index contributed by atoms with van der Waals surface area (Å²) in [7, 11) is 2.81. The summed E-state index contributed by atoms with van der Waals surface area (Å²) in [5.74, 6) is 0.204. The SMILES string of the molecule is CCOc1cc(/C=C(\C#N)C(=O)Nc2ccc(OC)cc2)cc(Br)c1OCC(=O)OC. The van der Waals surface area contributed by atoms with Gasteiger partial charge in [0.15, 0.2) is 18.1 Å². The number of esters is 1. The molecule has 2 aromatic carbocycles. The molecular formula is C22H21BrN2O6. The van der Waals surface area contributed by atoms with Crippen LogP contribution in [0.4, 0.5) is 5.69 Å². The lowest BCUT2D eigenvalue weighted by Crippen LogP contribution is -2.14. The Morgan fingerprint density at radius 1 is 1.16 bits per heavy atom. The minimum atomic E-state index is -0.562. The summed E-state index contributed by atoms with van der Waals surface area (Å²) in [6.45, 7) is 1.85. The Morgan fingerprint density at radius 2 is 1.87 bits per heavy atom. The largest absolute Gasteiger partial charge is 0.497 e. The van der Waals surface area contributed by atoms with Gasteiger partial charge in [-0.05, 0) is 70.9 Å². The fourth-order valence-electron chi connectivity index (χ4n) is 2.45. The van der Waals surface area contributed by atoms with Crippen molar-refractivity contribution in [2.45, 2.75) is 6.92 Å². The molecule has 0 spiro atoms. The molecule has 0 bridgehead atoms. The van der Waals surface area contributed by atoms with Crippen LogP contribution in [0.25, 0.3) is 6.08 Å². The molecule has 1 N–H and O–H groups in total. The van der Waals surface area contributed by atoms with Crippen LogP contribution in [0.1, 0.15) is 12.5 Å². The molecule has 0 atom stereocenters. The van der Waals surface area contributed by atoms with E-state index in [0.717, 1.165) is 0 Å². The number of amides is 1. The maximum absolute atomic E-state index is 12.5. The van der Waals surface area contributed by atoms with Gasteiger partial charge in [0.25, 0.3) is 5.91 Å². The molecule has 1 amide bonds. The summed E-state index contributed by atoms with van der Waals surface area (Å²) in [6.07, 6.45) is 1.43. The van der Waals surface area contributed by atoms with Crippen LogP contribution >= 0.6 is 15.9 Å². The molecule has 9 heteroatoms. The van der Waals surface area contributed by atoms with Crippen molar-refractivity contribution < 1.29 is 28.5 Å². The van der Waals surface area contributed by atoms with E-state index in [2.05, 4.69) is 26.0 Å². The maximum Gasteiger partial charge on any atom is 0.343 e. The number of ether oxygens (including phenoxy) is 4. The van der Waals surface area contributed by atoms with Crippen molar-refractivity contribution in [2.75, 3.05) is 32.8 Å². The van der Waals surface area contributed by atoms with E-state index in [4.69, 9.17) is 14.2 Å². The van der Waals surface area contributed by atoms with E-state index < -0.39 is 11.9 Å². The summed E-state index contributed by atoms with van der Waals surface area (Å²) in [6, 6.07) is 11.9. The third-order valence-electron chi connectivity index (χ3n) is 3.92. The van der Waals surface area contributed by atoms with Crippen molar-refractivity contribution in [3.8, 4) is 23.3 Å². The lowest BCUT2D eigenvalue weighted by atomic mass is 10.1. The van der Waals surface area contributed by atoms with Gasteiger partial charge >= 0.3 is 5.97 Å². The van der Waals surface area contributed by atoms with Crippen molar-refractivity contribution in [3.05, 3.63) is 52.0 Å². The van der Waals surface area contributed by atoms with Crippen LogP contribution in [0.2, 0.25) is 0 Å². The summed E-state index contributed by atoms with van der Waals surface area (Å²) < 4.78 is 21.2. The minimum absolute atomic E-state index is 0.103. The third-order valence-corrected chi connectivity index (χ3v) is 4.51. The maximum atomic E-state index is 12.5. The first-order valence-electron chi connectivity index (χ1n) is 9.15. The van der Waals surface area contributed by atoms with Crippen LogP contribution in [-0.2, 0) is 14.3 Å². The van der Waals surface area contributed by atoms with Crippen LogP contribution in [0, 0.1) is 11.3 Å². The molecule has 31 heavy (non-hydrogen) atoms. The van der Waals surface area contributed by atoms with E-state index in [1.807, 2.05) is 6.07 Å². The molecule has 0 aliphatic carbocycles. The van der Waals surface area contributed by atoms with Gasteiger partial charge in [-0.1, -0.05) is 0 Å². The van der Waals surface area contributed by atoms with Gasteiger partial charge in [-0.3, -0.25) is 4.79 Å². The number of hydrogen-bond donors (Lipinski definition) is 1. The van der Waals surface area contributed by atoms with Gasteiger partial charge in [0.2, 0.25) is 0 Å². The number of carbonyl (C=O) groups is 2. The number of nitrogens with zero attached hydrogens (tertiary/aromatic N) is 1. The summed E-state index contributed by atoms with van der Waals surface area (Å²) in [5.41, 5.74) is 0.949. The number of nitriles is 1. The highest BCUT2D eigenvalue weighted by molar-refractivity contribution is 9.10. The summed E-state index contributed by atoms with van der Waals surface area (Å²) in [5, 5.41) is 12.1. The topological polar surface area (TPSA) is 107 Å². The number of benzene rings is 2. The lowest BCUT2D eigenvalue weighted by molar-refractivity contribution is -0.142.